The van der Waals surface area contributed by atoms with Crippen LogP contribution in [-0.2, 0) is 16.0 Å². The largest absolute Gasteiger partial charge is 0.467 e. The Morgan fingerprint density at radius 2 is 2.32 bits per heavy atom. The zero-order valence-corrected chi connectivity index (χ0v) is 14.8. The lowest BCUT2D eigenvalue weighted by Gasteiger charge is -2.36. The lowest BCUT2D eigenvalue weighted by molar-refractivity contribution is -0.0318. The van der Waals surface area contributed by atoms with Crippen LogP contribution < -0.4 is 5.32 Å². The molecular weight excluding hydrogens is 352 g/mol. The van der Waals surface area contributed by atoms with Gasteiger partial charge in [0.1, 0.15) is 11.4 Å². The third-order valence-electron chi connectivity index (χ3n) is 3.21. The van der Waals surface area contributed by atoms with Crippen LogP contribution in [0.1, 0.15) is 26.5 Å². The molecule has 0 spiro atoms. The van der Waals surface area contributed by atoms with Gasteiger partial charge >= 0.3 is 6.09 Å². The molecule has 1 fully saturated rings. The highest BCUT2D eigenvalue weighted by atomic mass is 79.9. The molecule has 7 heteroatoms. The molecular formula is C15H23BrN2O4. The van der Waals surface area contributed by atoms with Crippen LogP contribution in [0.4, 0.5) is 4.79 Å². The van der Waals surface area contributed by atoms with Gasteiger partial charge in [-0.05, 0) is 42.8 Å². The Hall–Kier alpha value is -1.05. The van der Waals surface area contributed by atoms with Crippen molar-refractivity contribution in [3.05, 3.63) is 22.6 Å². The number of nitrogens with one attached hydrogen (secondary N) is 1. The Labute approximate surface area is 139 Å². The van der Waals surface area contributed by atoms with E-state index in [9.17, 15) is 4.79 Å². The van der Waals surface area contributed by atoms with Crippen molar-refractivity contribution in [3.8, 4) is 0 Å². The van der Waals surface area contributed by atoms with Gasteiger partial charge in [-0.2, -0.15) is 0 Å². The molecule has 1 aromatic rings. The molecule has 0 bridgehead atoms. The summed E-state index contributed by atoms with van der Waals surface area (Å²) < 4.78 is 17.2. The maximum atomic E-state index is 12.3. The number of nitrogens with zero attached hydrogens (tertiary/aromatic N) is 1. The summed E-state index contributed by atoms with van der Waals surface area (Å²) in [5.74, 6) is 0.834. The molecule has 2 rings (SSSR count). The summed E-state index contributed by atoms with van der Waals surface area (Å²) in [6.45, 7) is 8.41. The number of carbonyl (C=O) groups excluding carboxylic acids is 1. The second-order valence-corrected chi connectivity index (χ2v) is 7.08. The van der Waals surface area contributed by atoms with Crippen molar-refractivity contribution in [1.82, 2.24) is 10.2 Å². The van der Waals surface area contributed by atoms with Crippen LogP contribution in [-0.4, -0.2) is 48.9 Å². The molecule has 1 aromatic heterocycles. The first-order chi connectivity index (χ1) is 10.4. The number of carbonyl (C=O) groups is 1. The Balaban J connectivity index is 1.87. The summed E-state index contributed by atoms with van der Waals surface area (Å²) in [6, 6.07) is 1.81. The predicted molar refractivity (Wildman–Crippen MR) is 85.7 cm³/mol. The van der Waals surface area contributed by atoms with Gasteiger partial charge < -0.3 is 19.2 Å². The highest BCUT2D eigenvalue weighted by molar-refractivity contribution is 9.10. The first-order valence-corrected chi connectivity index (χ1v) is 8.16. The molecule has 6 nitrogen and oxygen atoms in total. The van der Waals surface area contributed by atoms with Crippen LogP contribution in [0.2, 0.25) is 0 Å². The van der Waals surface area contributed by atoms with Crippen LogP contribution in [0.3, 0.4) is 0 Å². The number of rotatable bonds is 4. The Kier molecular flexibility index (Phi) is 5.88. The molecule has 0 radical (unpaired) electrons. The van der Waals surface area contributed by atoms with Crippen LogP contribution in [0.25, 0.3) is 0 Å². The molecule has 0 aliphatic carbocycles. The maximum Gasteiger partial charge on any atom is 0.410 e. The van der Waals surface area contributed by atoms with E-state index < -0.39 is 5.60 Å². The lowest BCUT2D eigenvalue weighted by atomic mass is 10.2. The molecule has 1 aliphatic rings. The number of ether oxygens (including phenoxy) is 2. The molecule has 1 atom stereocenters. The number of furan rings is 1. The molecule has 124 valence electrons. The van der Waals surface area contributed by atoms with Crippen molar-refractivity contribution < 1.29 is 18.7 Å². The molecule has 0 saturated carbocycles. The fourth-order valence-electron chi connectivity index (χ4n) is 2.19. The van der Waals surface area contributed by atoms with Crippen molar-refractivity contribution >= 4 is 22.0 Å². The van der Waals surface area contributed by atoms with E-state index in [0.29, 0.717) is 32.8 Å². The molecule has 1 unspecified atom stereocenters. The van der Waals surface area contributed by atoms with Crippen LogP contribution in [0, 0.1) is 0 Å². The quantitative estimate of drug-likeness (QED) is 0.877. The summed E-state index contributed by atoms with van der Waals surface area (Å²) in [5.41, 5.74) is -0.494. The van der Waals surface area contributed by atoms with Crippen molar-refractivity contribution in [1.29, 1.82) is 0 Å². The highest BCUT2D eigenvalue weighted by Crippen LogP contribution is 2.18. The number of hydrogen-bond acceptors (Lipinski definition) is 5. The number of amides is 1. The van der Waals surface area contributed by atoms with Gasteiger partial charge in [0.2, 0.25) is 0 Å². The average molecular weight is 375 g/mol. The van der Waals surface area contributed by atoms with Crippen molar-refractivity contribution in [2.24, 2.45) is 0 Å². The summed E-state index contributed by atoms with van der Waals surface area (Å²) >= 11 is 3.42. The molecule has 1 N–H and O–H groups in total. The third kappa shape index (κ3) is 5.00. The number of hydrogen-bond donors (Lipinski definition) is 1. The molecule has 0 aromatic carbocycles. The SMILES string of the molecule is CC(C)(C)OC(=O)N1CCOCC1CNCc1occc1Br. The lowest BCUT2D eigenvalue weighted by Crippen LogP contribution is -2.54. The summed E-state index contributed by atoms with van der Waals surface area (Å²) in [6.07, 6.45) is 1.35. The van der Waals surface area contributed by atoms with E-state index in [-0.39, 0.29) is 12.1 Å². The average Bonchev–Trinajstić information content (AvgIpc) is 2.83. The summed E-state index contributed by atoms with van der Waals surface area (Å²) in [5, 5.41) is 3.29. The standard InChI is InChI=1S/C15H23BrN2O4/c1-15(2,3)22-14(19)18-5-7-20-10-11(18)8-17-9-13-12(16)4-6-21-13/h4,6,11,17H,5,7-10H2,1-3H3. The van der Waals surface area contributed by atoms with Crippen molar-refractivity contribution in [3.63, 3.8) is 0 Å². The molecule has 1 saturated heterocycles. The van der Waals surface area contributed by atoms with Gasteiger partial charge in [0.15, 0.2) is 0 Å². The van der Waals surface area contributed by atoms with Crippen LogP contribution in [0.5, 0.6) is 0 Å². The van der Waals surface area contributed by atoms with E-state index in [1.54, 1.807) is 11.2 Å². The second-order valence-electron chi connectivity index (χ2n) is 6.23. The Bertz CT molecular complexity index is 498. The van der Waals surface area contributed by atoms with Gasteiger partial charge in [0.25, 0.3) is 0 Å². The minimum absolute atomic E-state index is 0.0441. The fourth-order valence-corrected chi connectivity index (χ4v) is 2.53. The smallest absolute Gasteiger partial charge is 0.410 e. The Morgan fingerprint density at radius 3 is 2.95 bits per heavy atom. The first kappa shape index (κ1) is 17.3. The van der Waals surface area contributed by atoms with Gasteiger partial charge in [-0.1, -0.05) is 0 Å². The maximum absolute atomic E-state index is 12.3. The second kappa shape index (κ2) is 7.48. The van der Waals surface area contributed by atoms with Gasteiger partial charge in [-0.3, -0.25) is 4.90 Å². The van der Waals surface area contributed by atoms with E-state index in [0.717, 1.165) is 10.2 Å². The van der Waals surface area contributed by atoms with Gasteiger partial charge in [0.05, 0.1) is 36.5 Å². The van der Waals surface area contributed by atoms with Crippen LogP contribution in [0.15, 0.2) is 21.2 Å². The van der Waals surface area contributed by atoms with E-state index in [4.69, 9.17) is 13.9 Å². The number of halogens is 1. The highest BCUT2D eigenvalue weighted by Gasteiger charge is 2.30. The number of morpholine rings is 1. The zero-order valence-electron chi connectivity index (χ0n) is 13.2. The van der Waals surface area contributed by atoms with Crippen molar-refractivity contribution in [2.45, 2.75) is 39.0 Å². The van der Waals surface area contributed by atoms with Crippen LogP contribution >= 0.6 is 15.9 Å². The monoisotopic (exact) mass is 374 g/mol. The molecule has 1 aliphatic heterocycles. The summed E-state index contributed by atoms with van der Waals surface area (Å²) in [4.78, 5) is 14.0. The van der Waals surface area contributed by atoms with Crippen molar-refractivity contribution in [2.75, 3.05) is 26.3 Å². The van der Waals surface area contributed by atoms with E-state index >= 15 is 0 Å². The zero-order chi connectivity index (χ0) is 16.2. The van der Waals surface area contributed by atoms with Gasteiger partial charge in [-0.25, -0.2) is 4.79 Å². The third-order valence-corrected chi connectivity index (χ3v) is 3.92. The first-order valence-electron chi connectivity index (χ1n) is 7.37. The van der Waals surface area contributed by atoms with E-state index in [1.807, 2.05) is 26.8 Å². The normalized spacial score (nSPS) is 19.3. The van der Waals surface area contributed by atoms with Gasteiger partial charge in [0, 0.05) is 13.1 Å². The van der Waals surface area contributed by atoms with E-state index in [1.165, 1.54) is 0 Å². The predicted octanol–water partition coefficient (Wildman–Crippen LogP) is 2.77. The Morgan fingerprint density at radius 1 is 1.55 bits per heavy atom. The fraction of sp³-hybridized carbons (Fsp3) is 0.667. The topological polar surface area (TPSA) is 63.9 Å². The minimum atomic E-state index is -0.494. The molecule has 2 heterocycles. The minimum Gasteiger partial charge on any atom is -0.467 e. The van der Waals surface area contributed by atoms with Gasteiger partial charge in [-0.15, -0.1) is 0 Å². The molecule has 22 heavy (non-hydrogen) atoms. The summed E-state index contributed by atoms with van der Waals surface area (Å²) in [7, 11) is 0. The van der Waals surface area contributed by atoms with E-state index in [2.05, 4.69) is 21.2 Å². The molecule has 1 amide bonds.